The van der Waals surface area contributed by atoms with Crippen molar-refractivity contribution < 1.29 is 14.0 Å². The fourth-order valence-corrected chi connectivity index (χ4v) is 6.13. The van der Waals surface area contributed by atoms with Gasteiger partial charge in [0.25, 0.3) is 0 Å². The van der Waals surface area contributed by atoms with Gasteiger partial charge < -0.3 is 15.9 Å². The van der Waals surface area contributed by atoms with Crippen LogP contribution in [0.1, 0.15) is 47.1 Å². The third-order valence-electron chi connectivity index (χ3n) is 5.58. The van der Waals surface area contributed by atoms with Gasteiger partial charge in [-0.1, -0.05) is 39.0 Å². The minimum Gasteiger partial charge on any atom is -0.416 e. The topological polar surface area (TPSA) is 95.4 Å². The molecule has 0 heterocycles. The van der Waals surface area contributed by atoms with Crippen LogP contribution in [0.2, 0.25) is 18.1 Å². The van der Waals surface area contributed by atoms with E-state index in [1.165, 1.54) is 0 Å². The molecule has 0 aromatic heterocycles. The third-order valence-corrected chi connectivity index (χ3v) is 10.3. The number of primary amides is 2. The van der Waals surface area contributed by atoms with Gasteiger partial charge >= 0.3 is 0 Å². The van der Waals surface area contributed by atoms with E-state index in [4.69, 9.17) is 15.9 Å². The van der Waals surface area contributed by atoms with Crippen LogP contribution in [0.3, 0.4) is 0 Å². The summed E-state index contributed by atoms with van der Waals surface area (Å²) in [5, 5.41) is 0. The molecule has 4 N–H and O–H groups in total. The van der Waals surface area contributed by atoms with Gasteiger partial charge in [0, 0.05) is 17.7 Å². The highest BCUT2D eigenvalue weighted by molar-refractivity contribution is 6.73. The summed E-state index contributed by atoms with van der Waals surface area (Å²) in [5.74, 6) is -0.901. The zero-order chi connectivity index (χ0) is 20.7. The van der Waals surface area contributed by atoms with Gasteiger partial charge in [-0.25, -0.2) is 0 Å². The lowest BCUT2D eigenvalue weighted by Crippen LogP contribution is -2.36. The minimum atomic E-state index is -1.67. The van der Waals surface area contributed by atoms with E-state index in [1.807, 2.05) is 24.3 Å². The number of hydrogen-bond donors (Lipinski definition) is 2. The Kier molecular flexibility index (Phi) is 7.54. The van der Waals surface area contributed by atoms with E-state index in [1.54, 1.807) is 18.2 Å². The monoisotopic (exact) mass is 398 g/mol. The molecule has 0 spiro atoms. The van der Waals surface area contributed by atoms with Crippen molar-refractivity contribution in [3.8, 4) is 11.1 Å². The number of rotatable bonds is 10. The highest BCUT2D eigenvalue weighted by atomic mass is 28.4. The maximum absolute atomic E-state index is 11.6. The Bertz CT molecular complexity index is 822. The van der Waals surface area contributed by atoms with Crippen molar-refractivity contribution in [3.05, 3.63) is 59.2 Å². The number of benzene rings is 2. The predicted octanol–water partition coefficient (Wildman–Crippen LogP) is 4.12. The van der Waals surface area contributed by atoms with Gasteiger partial charge in [-0.2, -0.15) is 0 Å². The van der Waals surface area contributed by atoms with E-state index < -0.39 is 20.1 Å². The molecule has 0 saturated heterocycles. The van der Waals surface area contributed by atoms with Crippen molar-refractivity contribution in [2.24, 2.45) is 11.5 Å². The lowest BCUT2D eigenvalue weighted by Gasteiger charge is -2.28. The van der Waals surface area contributed by atoms with Crippen molar-refractivity contribution in [1.82, 2.24) is 0 Å². The molecule has 2 rings (SSSR count). The van der Waals surface area contributed by atoms with Crippen LogP contribution < -0.4 is 11.5 Å². The minimum absolute atomic E-state index is 0.447. The number of carbonyl (C=O) groups excluding carboxylic acids is 2. The molecule has 2 aromatic rings. The first-order valence-corrected chi connectivity index (χ1v) is 12.4. The van der Waals surface area contributed by atoms with Crippen molar-refractivity contribution >= 4 is 20.1 Å². The van der Waals surface area contributed by atoms with E-state index in [0.29, 0.717) is 24.2 Å². The fourth-order valence-electron chi connectivity index (χ4n) is 3.48. The van der Waals surface area contributed by atoms with Gasteiger partial charge in [0.05, 0.1) is 0 Å². The molecule has 0 fully saturated rings. The highest BCUT2D eigenvalue weighted by Gasteiger charge is 2.28. The molecule has 5 nitrogen and oxygen atoms in total. The first-order valence-electron chi connectivity index (χ1n) is 9.82. The summed E-state index contributed by atoms with van der Waals surface area (Å²) in [7, 11) is -1.67. The summed E-state index contributed by atoms with van der Waals surface area (Å²) >= 11 is 0. The normalized spacial score (nSPS) is 11.4. The molecule has 28 heavy (non-hydrogen) atoms. The summed E-state index contributed by atoms with van der Waals surface area (Å²) in [5.41, 5.74) is 14.7. The molecule has 0 aliphatic carbocycles. The lowest BCUT2D eigenvalue weighted by atomic mass is 9.95. The van der Waals surface area contributed by atoms with Crippen LogP contribution in [0, 0.1) is 0 Å². The molecule has 0 aliphatic heterocycles. The lowest BCUT2D eigenvalue weighted by molar-refractivity contribution is 0.0991. The van der Waals surface area contributed by atoms with E-state index in [9.17, 15) is 9.59 Å². The molecule has 0 aliphatic rings. The predicted molar refractivity (Wildman–Crippen MR) is 116 cm³/mol. The van der Waals surface area contributed by atoms with Gasteiger partial charge in [-0.15, -0.1) is 0 Å². The highest BCUT2D eigenvalue weighted by Crippen LogP contribution is 2.27. The molecule has 150 valence electrons. The van der Waals surface area contributed by atoms with Gasteiger partial charge in [-0.3, -0.25) is 9.59 Å². The molecule has 0 unspecified atom stereocenters. The van der Waals surface area contributed by atoms with Crippen molar-refractivity contribution in [3.63, 3.8) is 0 Å². The SMILES string of the molecule is CC[Si](CC)(CC)OCCc1cc(C(N)=O)ccc1-c1ccc(C(N)=O)cc1. The molecule has 0 saturated carbocycles. The number of carbonyl (C=O) groups is 2. The van der Waals surface area contributed by atoms with Crippen LogP contribution in [0.5, 0.6) is 0 Å². The fraction of sp³-hybridized carbons (Fsp3) is 0.364. The molecule has 0 atom stereocenters. The quantitative estimate of drug-likeness (QED) is 0.589. The van der Waals surface area contributed by atoms with Crippen LogP contribution in [0.15, 0.2) is 42.5 Å². The van der Waals surface area contributed by atoms with E-state index >= 15 is 0 Å². The average molecular weight is 399 g/mol. The van der Waals surface area contributed by atoms with E-state index in [2.05, 4.69) is 20.8 Å². The van der Waals surface area contributed by atoms with Crippen molar-refractivity contribution in [2.45, 2.75) is 45.3 Å². The number of nitrogens with two attached hydrogens (primary N) is 2. The molecule has 0 radical (unpaired) electrons. The third kappa shape index (κ3) is 5.08. The molecule has 6 heteroatoms. The Morgan fingerprint density at radius 2 is 1.39 bits per heavy atom. The summed E-state index contributed by atoms with van der Waals surface area (Å²) < 4.78 is 6.38. The summed E-state index contributed by atoms with van der Waals surface area (Å²) in [6.45, 7) is 7.24. The number of amides is 2. The summed E-state index contributed by atoms with van der Waals surface area (Å²) in [6.07, 6.45) is 0.697. The average Bonchev–Trinajstić information content (AvgIpc) is 2.71. The second kappa shape index (κ2) is 9.66. The van der Waals surface area contributed by atoms with Crippen LogP contribution in [-0.4, -0.2) is 26.7 Å². The maximum Gasteiger partial charge on any atom is 0.248 e. The molecule has 2 aromatic carbocycles. The molecular formula is C22H30N2O3Si. The van der Waals surface area contributed by atoms with Crippen LogP contribution in [0.25, 0.3) is 11.1 Å². The van der Waals surface area contributed by atoms with E-state index in [-0.39, 0.29) is 0 Å². The molecular weight excluding hydrogens is 368 g/mol. The van der Waals surface area contributed by atoms with E-state index in [0.717, 1.165) is 34.8 Å². The zero-order valence-corrected chi connectivity index (χ0v) is 18.0. The Hall–Kier alpha value is -2.44. The van der Waals surface area contributed by atoms with Gasteiger partial charge in [0.1, 0.15) is 0 Å². The van der Waals surface area contributed by atoms with Gasteiger partial charge in [-0.05, 0) is 65.5 Å². The first kappa shape index (κ1) is 21.9. The molecule has 2 amide bonds. The number of hydrogen-bond acceptors (Lipinski definition) is 3. The maximum atomic E-state index is 11.6. The van der Waals surface area contributed by atoms with Crippen LogP contribution in [0.4, 0.5) is 0 Å². The second-order valence-electron chi connectivity index (χ2n) is 7.02. The Morgan fingerprint density at radius 3 is 1.89 bits per heavy atom. The Labute approximate surface area is 168 Å². The Morgan fingerprint density at radius 1 is 0.857 bits per heavy atom. The second-order valence-corrected chi connectivity index (χ2v) is 11.8. The van der Waals surface area contributed by atoms with Gasteiger partial charge in [0.2, 0.25) is 11.8 Å². The summed E-state index contributed by atoms with van der Waals surface area (Å²) in [6, 6.07) is 15.9. The Balaban J connectivity index is 2.31. The van der Waals surface area contributed by atoms with Crippen molar-refractivity contribution in [2.75, 3.05) is 6.61 Å². The molecule has 0 bridgehead atoms. The largest absolute Gasteiger partial charge is 0.416 e. The smallest absolute Gasteiger partial charge is 0.248 e. The van der Waals surface area contributed by atoms with Crippen molar-refractivity contribution in [1.29, 1.82) is 0 Å². The van der Waals surface area contributed by atoms with Crippen LogP contribution >= 0.6 is 0 Å². The summed E-state index contributed by atoms with van der Waals surface area (Å²) in [4.78, 5) is 23.0. The first-order chi connectivity index (χ1) is 13.4. The van der Waals surface area contributed by atoms with Gasteiger partial charge in [0.15, 0.2) is 8.32 Å². The standard InChI is InChI=1S/C22H30N2O3Si/c1-4-28(5-2,6-3)27-14-13-18-15-19(22(24)26)11-12-20(18)16-7-9-17(10-8-16)21(23)25/h7-12,15H,4-6,13-14H2,1-3H3,(H2,23,25)(H2,24,26). The zero-order valence-electron chi connectivity index (χ0n) is 17.0. The van der Waals surface area contributed by atoms with Crippen LogP contribution in [-0.2, 0) is 10.8 Å².